The molecule has 2 N–H and O–H groups in total. The third kappa shape index (κ3) is 5.58. The number of hydrogen-bond donors (Lipinski definition) is 2. The van der Waals surface area contributed by atoms with Gasteiger partial charge in [-0.25, -0.2) is 14.8 Å². The SMILES string of the molecule is CC(C)CCOCCNc1cnc(C(=O)O)cn1. The number of nitrogens with one attached hydrogen (secondary N) is 1. The first-order valence-corrected chi connectivity index (χ1v) is 5.96. The average Bonchev–Trinajstić information content (AvgIpc) is 2.34. The minimum absolute atomic E-state index is 0.0614. The molecule has 0 spiro atoms. The molecule has 0 atom stereocenters. The molecule has 0 saturated carbocycles. The van der Waals surface area contributed by atoms with Crippen LogP contribution in [0.4, 0.5) is 5.82 Å². The molecule has 1 rings (SSSR count). The van der Waals surface area contributed by atoms with Crippen molar-refractivity contribution in [2.24, 2.45) is 5.92 Å². The fourth-order valence-corrected chi connectivity index (χ4v) is 1.20. The van der Waals surface area contributed by atoms with Crippen LogP contribution in [0.2, 0.25) is 0 Å². The summed E-state index contributed by atoms with van der Waals surface area (Å²) in [4.78, 5) is 18.2. The van der Waals surface area contributed by atoms with Crippen molar-refractivity contribution in [1.82, 2.24) is 9.97 Å². The molecule has 0 unspecified atom stereocenters. The summed E-state index contributed by atoms with van der Waals surface area (Å²) < 4.78 is 5.42. The number of hydrogen-bond acceptors (Lipinski definition) is 5. The van der Waals surface area contributed by atoms with Gasteiger partial charge in [-0.3, -0.25) is 0 Å². The lowest BCUT2D eigenvalue weighted by Crippen LogP contribution is -2.12. The topological polar surface area (TPSA) is 84.3 Å². The van der Waals surface area contributed by atoms with Gasteiger partial charge in [0.25, 0.3) is 0 Å². The van der Waals surface area contributed by atoms with Crippen LogP contribution in [0.5, 0.6) is 0 Å². The molecule has 0 amide bonds. The standard InChI is InChI=1S/C12H19N3O3/c1-9(2)3-5-18-6-4-13-11-8-14-10(7-15-11)12(16)17/h7-9H,3-6H2,1-2H3,(H,13,15)(H,16,17). The van der Waals surface area contributed by atoms with E-state index in [0.717, 1.165) is 13.0 Å². The van der Waals surface area contributed by atoms with E-state index in [1.54, 1.807) is 0 Å². The Bertz CT molecular complexity index is 365. The van der Waals surface area contributed by atoms with Crippen LogP contribution >= 0.6 is 0 Å². The molecular weight excluding hydrogens is 234 g/mol. The number of nitrogens with zero attached hydrogens (tertiary/aromatic N) is 2. The Morgan fingerprint density at radius 2 is 2.17 bits per heavy atom. The van der Waals surface area contributed by atoms with Crippen LogP contribution in [0.1, 0.15) is 30.8 Å². The lowest BCUT2D eigenvalue weighted by atomic mass is 10.1. The zero-order valence-corrected chi connectivity index (χ0v) is 10.7. The molecule has 1 aromatic rings. The van der Waals surface area contributed by atoms with Crippen LogP contribution in [-0.4, -0.2) is 40.8 Å². The molecule has 0 aliphatic carbocycles. The molecule has 18 heavy (non-hydrogen) atoms. The predicted molar refractivity (Wildman–Crippen MR) is 67.8 cm³/mol. The maximum Gasteiger partial charge on any atom is 0.356 e. The third-order valence-electron chi connectivity index (χ3n) is 2.26. The van der Waals surface area contributed by atoms with Gasteiger partial charge in [0, 0.05) is 13.2 Å². The van der Waals surface area contributed by atoms with Gasteiger partial charge < -0.3 is 15.2 Å². The normalized spacial score (nSPS) is 10.6. The first-order valence-electron chi connectivity index (χ1n) is 5.96. The van der Waals surface area contributed by atoms with Crippen molar-refractivity contribution in [3.05, 3.63) is 18.1 Å². The maximum absolute atomic E-state index is 10.6. The Kier molecular flexibility index (Phi) is 6.07. The van der Waals surface area contributed by atoms with Crippen LogP contribution in [0.3, 0.4) is 0 Å². The van der Waals surface area contributed by atoms with Gasteiger partial charge in [0.15, 0.2) is 5.69 Å². The Hall–Kier alpha value is -1.69. The molecule has 6 nitrogen and oxygen atoms in total. The summed E-state index contributed by atoms with van der Waals surface area (Å²) in [6.45, 7) is 6.28. The van der Waals surface area contributed by atoms with E-state index in [2.05, 4.69) is 29.1 Å². The number of aromatic carboxylic acids is 1. The highest BCUT2D eigenvalue weighted by molar-refractivity contribution is 5.84. The minimum atomic E-state index is -1.08. The number of rotatable bonds is 8. The molecule has 0 bridgehead atoms. The number of carboxylic acids is 1. The van der Waals surface area contributed by atoms with E-state index in [1.807, 2.05) is 0 Å². The molecule has 100 valence electrons. The summed E-state index contributed by atoms with van der Waals surface area (Å²) in [5.41, 5.74) is -0.0614. The van der Waals surface area contributed by atoms with Gasteiger partial charge in [0.2, 0.25) is 0 Å². The summed E-state index contributed by atoms with van der Waals surface area (Å²) in [6.07, 6.45) is 3.68. The number of anilines is 1. The monoisotopic (exact) mass is 253 g/mol. The zero-order valence-electron chi connectivity index (χ0n) is 10.7. The lowest BCUT2D eigenvalue weighted by molar-refractivity contribution is 0.0690. The van der Waals surface area contributed by atoms with Gasteiger partial charge in [0.1, 0.15) is 5.82 Å². The van der Waals surface area contributed by atoms with Crippen LogP contribution in [0.15, 0.2) is 12.4 Å². The Balaban J connectivity index is 2.17. The quantitative estimate of drug-likeness (QED) is 0.685. The molecule has 0 saturated heterocycles. The second-order valence-corrected chi connectivity index (χ2v) is 4.31. The zero-order chi connectivity index (χ0) is 13.4. The van der Waals surface area contributed by atoms with Crippen LogP contribution in [0.25, 0.3) is 0 Å². The van der Waals surface area contributed by atoms with Gasteiger partial charge in [-0.2, -0.15) is 0 Å². The van der Waals surface area contributed by atoms with Crippen molar-refractivity contribution in [1.29, 1.82) is 0 Å². The lowest BCUT2D eigenvalue weighted by Gasteiger charge is -2.07. The van der Waals surface area contributed by atoms with Crippen molar-refractivity contribution in [2.75, 3.05) is 25.1 Å². The van der Waals surface area contributed by atoms with Crippen molar-refractivity contribution < 1.29 is 14.6 Å². The predicted octanol–water partition coefficient (Wildman–Crippen LogP) is 1.65. The van der Waals surface area contributed by atoms with Gasteiger partial charge >= 0.3 is 5.97 Å². The smallest absolute Gasteiger partial charge is 0.356 e. The Morgan fingerprint density at radius 1 is 1.39 bits per heavy atom. The molecule has 0 fully saturated rings. The Labute approximate surface area is 106 Å². The van der Waals surface area contributed by atoms with Crippen molar-refractivity contribution in [3.8, 4) is 0 Å². The number of ether oxygens (including phenoxy) is 1. The molecule has 6 heteroatoms. The van der Waals surface area contributed by atoms with Gasteiger partial charge in [-0.15, -0.1) is 0 Å². The molecule has 1 heterocycles. The average molecular weight is 253 g/mol. The Morgan fingerprint density at radius 3 is 2.72 bits per heavy atom. The first-order chi connectivity index (χ1) is 8.59. The second-order valence-electron chi connectivity index (χ2n) is 4.31. The summed E-state index contributed by atoms with van der Waals surface area (Å²) in [5, 5.41) is 11.7. The van der Waals surface area contributed by atoms with E-state index in [4.69, 9.17) is 9.84 Å². The highest BCUT2D eigenvalue weighted by Gasteiger charge is 2.04. The summed E-state index contributed by atoms with van der Waals surface area (Å²) >= 11 is 0. The molecule has 0 aliphatic heterocycles. The fraction of sp³-hybridized carbons (Fsp3) is 0.583. The van der Waals surface area contributed by atoms with Gasteiger partial charge in [0.05, 0.1) is 19.0 Å². The number of carboxylic acid groups (broad SMARTS) is 1. The summed E-state index contributed by atoms with van der Waals surface area (Å²) in [6, 6.07) is 0. The molecule has 0 radical (unpaired) electrons. The molecule has 0 aromatic carbocycles. The van der Waals surface area contributed by atoms with E-state index < -0.39 is 5.97 Å². The molecule has 0 aliphatic rings. The van der Waals surface area contributed by atoms with E-state index >= 15 is 0 Å². The van der Waals surface area contributed by atoms with Crippen LogP contribution in [0, 0.1) is 5.92 Å². The van der Waals surface area contributed by atoms with E-state index in [9.17, 15) is 4.79 Å². The number of carbonyl (C=O) groups is 1. The van der Waals surface area contributed by atoms with E-state index in [0.29, 0.717) is 24.9 Å². The fourth-order valence-electron chi connectivity index (χ4n) is 1.20. The highest BCUT2D eigenvalue weighted by Crippen LogP contribution is 2.01. The van der Waals surface area contributed by atoms with Crippen molar-refractivity contribution in [3.63, 3.8) is 0 Å². The van der Waals surface area contributed by atoms with Crippen molar-refractivity contribution >= 4 is 11.8 Å². The van der Waals surface area contributed by atoms with Gasteiger partial charge in [-0.1, -0.05) is 13.8 Å². The largest absolute Gasteiger partial charge is 0.476 e. The van der Waals surface area contributed by atoms with Crippen molar-refractivity contribution in [2.45, 2.75) is 20.3 Å². The first kappa shape index (κ1) is 14.4. The number of aromatic nitrogens is 2. The van der Waals surface area contributed by atoms with Gasteiger partial charge in [-0.05, 0) is 12.3 Å². The minimum Gasteiger partial charge on any atom is -0.476 e. The third-order valence-corrected chi connectivity index (χ3v) is 2.26. The van der Waals surface area contributed by atoms with Crippen LogP contribution in [-0.2, 0) is 4.74 Å². The second kappa shape index (κ2) is 7.60. The summed E-state index contributed by atoms with van der Waals surface area (Å²) in [7, 11) is 0. The molecule has 1 aromatic heterocycles. The molecular formula is C12H19N3O3. The van der Waals surface area contributed by atoms with E-state index in [-0.39, 0.29) is 5.69 Å². The summed E-state index contributed by atoms with van der Waals surface area (Å²) in [5.74, 6) is 0.117. The van der Waals surface area contributed by atoms with E-state index in [1.165, 1.54) is 12.4 Å². The van der Waals surface area contributed by atoms with Crippen LogP contribution < -0.4 is 5.32 Å². The highest BCUT2D eigenvalue weighted by atomic mass is 16.5. The maximum atomic E-state index is 10.6.